The van der Waals surface area contributed by atoms with E-state index in [9.17, 15) is 4.79 Å². The van der Waals surface area contributed by atoms with E-state index < -0.39 is 0 Å². The number of rotatable bonds is 4. The predicted molar refractivity (Wildman–Crippen MR) is 69.7 cm³/mol. The summed E-state index contributed by atoms with van der Waals surface area (Å²) in [6.07, 6.45) is 11.7. The summed E-state index contributed by atoms with van der Waals surface area (Å²) in [7, 11) is 0. The summed E-state index contributed by atoms with van der Waals surface area (Å²) >= 11 is 1.88. The van der Waals surface area contributed by atoms with E-state index in [-0.39, 0.29) is 5.91 Å². The molecule has 0 aliphatic heterocycles. The van der Waals surface area contributed by atoms with Crippen LogP contribution in [0.3, 0.4) is 0 Å². The zero-order valence-electron chi connectivity index (χ0n) is 10.0. The summed E-state index contributed by atoms with van der Waals surface area (Å²) in [6.45, 7) is 0. The van der Waals surface area contributed by atoms with Gasteiger partial charge in [0, 0.05) is 11.3 Å². The topological polar surface area (TPSA) is 29.1 Å². The van der Waals surface area contributed by atoms with Gasteiger partial charge in [-0.1, -0.05) is 32.1 Å². The molecule has 0 atom stereocenters. The maximum atomic E-state index is 11.7. The van der Waals surface area contributed by atoms with E-state index in [2.05, 4.69) is 5.32 Å². The molecule has 2 fully saturated rings. The normalized spacial score (nSPS) is 23.5. The standard InChI is InChI=1S/C13H23NOS/c15-13(14-11-6-4-5-7-11)10-16-12-8-2-1-3-9-12/h11-12H,1-10H2,(H,14,15). The minimum absolute atomic E-state index is 0.266. The van der Waals surface area contributed by atoms with Gasteiger partial charge in [-0.25, -0.2) is 0 Å². The first kappa shape index (κ1) is 12.3. The number of carbonyl (C=O) groups is 1. The molecule has 0 bridgehead atoms. The Labute approximate surface area is 103 Å². The maximum Gasteiger partial charge on any atom is 0.230 e. The molecule has 2 nitrogen and oxygen atoms in total. The summed E-state index contributed by atoms with van der Waals surface area (Å²) in [4.78, 5) is 11.7. The molecule has 1 N–H and O–H groups in total. The molecule has 0 heterocycles. The van der Waals surface area contributed by atoms with Crippen LogP contribution in [0.5, 0.6) is 0 Å². The van der Waals surface area contributed by atoms with Crippen molar-refractivity contribution in [1.29, 1.82) is 0 Å². The van der Waals surface area contributed by atoms with E-state index in [4.69, 9.17) is 0 Å². The number of nitrogens with one attached hydrogen (secondary N) is 1. The van der Waals surface area contributed by atoms with Gasteiger partial charge in [-0.05, 0) is 25.7 Å². The highest BCUT2D eigenvalue weighted by Crippen LogP contribution is 2.28. The van der Waals surface area contributed by atoms with E-state index in [0.29, 0.717) is 11.8 Å². The van der Waals surface area contributed by atoms with Crippen LogP contribution in [0.2, 0.25) is 0 Å². The van der Waals surface area contributed by atoms with Gasteiger partial charge in [-0.2, -0.15) is 0 Å². The maximum absolute atomic E-state index is 11.7. The molecule has 0 saturated heterocycles. The smallest absolute Gasteiger partial charge is 0.230 e. The Morgan fingerprint density at radius 2 is 1.62 bits per heavy atom. The highest BCUT2D eigenvalue weighted by molar-refractivity contribution is 8.00. The number of thioether (sulfide) groups is 1. The average molecular weight is 241 g/mol. The van der Waals surface area contributed by atoms with Crippen LogP contribution in [0.25, 0.3) is 0 Å². The summed E-state index contributed by atoms with van der Waals surface area (Å²) in [5.74, 6) is 0.948. The van der Waals surface area contributed by atoms with Crippen LogP contribution in [0.4, 0.5) is 0 Å². The molecule has 2 aliphatic rings. The summed E-state index contributed by atoms with van der Waals surface area (Å²) in [5.41, 5.74) is 0. The van der Waals surface area contributed by atoms with Crippen LogP contribution < -0.4 is 5.32 Å². The molecule has 92 valence electrons. The van der Waals surface area contributed by atoms with Crippen LogP contribution in [0.15, 0.2) is 0 Å². The lowest BCUT2D eigenvalue weighted by Crippen LogP contribution is -2.34. The second-order valence-electron chi connectivity index (χ2n) is 5.12. The summed E-state index contributed by atoms with van der Waals surface area (Å²) in [6, 6.07) is 0.486. The van der Waals surface area contributed by atoms with E-state index in [0.717, 1.165) is 5.25 Å². The second-order valence-corrected chi connectivity index (χ2v) is 6.41. The molecule has 0 radical (unpaired) electrons. The highest BCUT2D eigenvalue weighted by atomic mass is 32.2. The molecule has 2 rings (SSSR count). The molecular formula is C13H23NOS. The Morgan fingerprint density at radius 3 is 2.31 bits per heavy atom. The first-order chi connectivity index (χ1) is 7.84. The van der Waals surface area contributed by atoms with E-state index in [1.165, 1.54) is 57.8 Å². The van der Waals surface area contributed by atoms with Gasteiger partial charge in [0.15, 0.2) is 0 Å². The van der Waals surface area contributed by atoms with E-state index in [1.807, 2.05) is 11.8 Å². The first-order valence-corrected chi connectivity index (χ1v) is 7.80. The van der Waals surface area contributed by atoms with Crippen molar-refractivity contribution in [3.8, 4) is 0 Å². The molecule has 0 unspecified atom stereocenters. The molecule has 2 aliphatic carbocycles. The third-order valence-corrected chi connectivity index (χ3v) is 5.09. The Bertz CT molecular complexity index is 220. The molecule has 2 saturated carbocycles. The molecule has 0 aromatic carbocycles. The van der Waals surface area contributed by atoms with Gasteiger partial charge in [-0.15, -0.1) is 11.8 Å². The fourth-order valence-corrected chi connectivity index (χ4v) is 3.90. The predicted octanol–water partition coefficient (Wildman–Crippen LogP) is 3.11. The Balaban J connectivity index is 1.59. The van der Waals surface area contributed by atoms with Gasteiger partial charge in [0.05, 0.1) is 5.75 Å². The van der Waals surface area contributed by atoms with Gasteiger partial charge in [-0.3, -0.25) is 4.79 Å². The third-order valence-electron chi connectivity index (χ3n) is 3.72. The average Bonchev–Trinajstić information content (AvgIpc) is 2.81. The van der Waals surface area contributed by atoms with Crippen molar-refractivity contribution in [2.75, 3.05) is 5.75 Å². The van der Waals surface area contributed by atoms with Crippen molar-refractivity contribution in [1.82, 2.24) is 5.32 Å². The largest absolute Gasteiger partial charge is 0.353 e. The third kappa shape index (κ3) is 4.00. The fraction of sp³-hybridized carbons (Fsp3) is 0.923. The SMILES string of the molecule is O=C(CSC1CCCCC1)NC1CCCC1. The fourth-order valence-electron chi connectivity index (χ4n) is 2.76. The lowest BCUT2D eigenvalue weighted by Gasteiger charge is -2.21. The van der Waals surface area contributed by atoms with Gasteiger partial charge in [0.2, 0.25) is 5.91 Å². The van der Waals surface area contributed by atoms with Crippen molar-refractivity contribution < 1.29 is 4.79 Å². The quantitative estimate of drug-likeness (QED) is 0.819. The van der Waals surface area contributed by atoms with E-state index >= 15 is 0 Å². The van der Waals surface area contributed by atoms with Crippen molar-refractivity contribution in [2.45, 2.75) is 69.1 Å². The van der Waals surface area contributed by atoms with Crippen molar-refractivity contribution in [2.24, 2.45) is 0 Å². The van der Waals surface area contributed by atoms with Crippen LogP contribution in [-0.4, -0.2) is 23.0 Å². The Kier molecular flexibility index (Phi) is 5.01. The lowest BCUT2D eigenvalue weighted by atomic mass is 10.0. The van der Waals surface area contributed by atoms with Crippen molar-refractivity contribution in [3.63, 3.8) is 0 Å². The van der Waals surface area contributed by atoms with Gasteiger partial charge in [0.1, 0.15) is 0 Å². The zero-order valence-corrected chi connectivity index (χ0v) is 10.9. The monoisotopic (exact) mass is 241 g/mol. The highest BCUT2D eigenvalue weighted by Gasteiger charge is 2.19. The Hall–Kier alpha value is -0.180. The minimum atomic E-state index is 0.266. The molecule has 0 aromatic heterocycles. The van der Waals surface area contributed by atoms with Crippen LogP contribution in [0, 0.1) is 0 Å². The first-order valence-electron chi connectivity index (χ1n) is 6.75. The molecular weight excluding hydrogens is 218 g/mol. The van der Waals surface area contributed by atoms with E-state index in [1.54, 1.807) is 0 Å². The summed E-state index contributed by atoms with van der Waals surface area (Å²) < 4.78 is 0. The van der Waals surface area contributed by atoms with Gasteiger partial charge in [0.25, 0.3) is 0 Å². The zero-order chi connectivity index (χ0) is 11.2. The lowest BCUT2D eigenvalue weighted by molar-refractivity contribution is -0.119. The Morgan fingerprint density at radius 1 is 1.00 bits per heavy atom. The van der Waals surface area contributed by atoms with Crippen molar-refractivity contribution in [3.05, 3.63) is 0 Å². The van der Waals surface area contributed by atoms with Gasteiger partial charge < -0.3 is 5.32 Å². The molecule has 0 aromatic rings. The minimum Gasteiger partial charge on any atom is -0.353 e. The number of carbonyl (C=O) groups excluding carboxylic acids is 1. The number of hydrogen-bond donors (Lipinski definition) is 1. The number of hydrogen-bond acceptors (Lipinski definition) is 2. The van der Waals surface area contributed by atoms with Crippen LogP contribution in [0.1, 0.15) is 57.8 Å². The van der Waals surface area contributed by atoms with Gasteiger partial charge >= 0.3 is 0 Å². The summed E-state index contributed by atoms with van der Waals surface area (Å²) in [5, 5.41) is 3.91. The van der Waals surface area contributed by atoms with Crippen molar-refractivity contribution >= 4 is 17.7 Å². The second kappa shape index (κ2) is 6.53. The molecule has 1 amide bonds. The molecule has 0 spiro atoms. The molecule has 16 heavy (non-hydrogen) atoms. The number of amides is 1. The van der Waals surface area contributed by atoms with Crippen LogP contribution in [-0.2, 0) is 4.79 Å². The molecule has 3 heteroatoms. The van der Waals surface area contributed by atoms with Crippen LogP contribution >= 0.6 is 11.8 Å².